The van der Waals surface area contributed by atoms with E-state index < -0.39 is 0 Å². The smallest absolute Gasteiger partial charge is 0.320 e. The molecule has 2 heterocycles. The number of hydrogen-bond donors (Lipinski definition) is 1. The van der Waals surface area contributed by atoms with Gasteiger partial charge in [0, 0.05) is 45.7 Å². The van der Waals surface area contributed by atoms with Crippen LogP contribution in [0.3, 0.4) is 0 Å². The van der Waals surface area contributed by atoms with E-state index in [-0.39, 0.29) is 35.7 Å². The number of carbonyl (C=O) groups is 2. The van der Waals surface area contributed by atoms with E-state index in [0.29, 0.717) is 26.2 Å². The van der Waals surface area contributed by atoms with Gasteiger partial charge in [0.25, 0.3) is 0 Å². The van der Waals surface area contributed by atoms with Crippen molar-refractivity contribution in [2.75, 3.05) is 39.8 Å². The van der Waals surface area contributed by atoms with E-state index in [4.69, 9.17) is 5.73 Å². The van der Waals surface area contributed by atoms with Crippen LogP contribution in [0.15, 0.2) is 30.3 Å². The molecular formula is C21H33ClN4O2. The van der Waals surface area contributed by atoms with Crippen molar-refractivity contribution in [3.8, 4) is 0 Å². The fourth-order valence-electron chi connectivity index (χ4n) is 4.12. The van der Waals surface area contributed by atoms with Crippen LogP contribution in [-0.4, -0.2) is 66.4 Å². The molecule has 2 fully saturated rings. The Hall–Kier alpha value is -1.79. The molecular weight excluding hydrogens is 376 g/mol. The van der Waals surface area contributed by atoms with E-state index in [9.17, 15) is 9.59 Å². The van der Waals surface area contributed by atoms with Crippen molar-refractivity contribution in [3.05, 3.63) is 35.9 Å². The molecule has 28 heavy (non-hydrogen) atoms. The molecule has 2 aliphatic heterocycles. The average Bonchev–Trinajstić information content (AvgIpc) is 3.10. The van der Waals surface area contributed by atoms with Crippen LogP contribution in [-0.2, 0) is 11.3 Å². The summed E-state index contributed by atoms with van der Waals surface area (Å²) in [5.74, 6) is 0.283. The molecule has 0 bridgehead atoms. The van der Waals surface area contributed by atoms with Gasteiger partial charge in [-0.15, -0.1) is 12.4 Å². The van der Waals surface area contributed by atoms with Crippen LogP contribution in [0.2, 0.25) is 0 Å². The number of benzene rings is 1. The van der Waals surface area contributed by atoms with Gasteiger partial charge in [-0.05, 0) is 36.8 Å². The summed E-state index contributed by atoms with van der Waals surface area (Å²) in [6, 6.07) is 10.0. The topological polar surface area (TPSA) is 69.9 Å². The molecule has 2 aliphatic rings. The number of hydrogen-bond acceptors (Lipinski definition) is 3. The van der Waals surface area contributed by atoms with E-state index in [1.54, 1.807) is 4.90 Å². The molecule has 2 saturated heterocycles. The Labute approximate surface area is 174 Å². The minimum absolute atomic E-state index is 0. The van der Waals surface area contributed by atoms with Gasteiger partial charge in [-0.2, -0.15) is 0 Å². The van der Waals surface area contributed by atoms with Gasteiger partial charge in [0.2, 0.25) is 5.91 Å². The molecule has 0 aromatic heterocycles. The summed E-state index contributed by atoms with van der Waals surface area (Å²) < 4.78 is 0. The van der Waals surface area contributed by atoms with Crippen LogP contribution >= 0.6 is 12.4 Å². The molecule has 3 amide bonds. The van der Waals surface area contributed by atoms with Crippen molar-refractivity contribution in [2.45, 2.75) is 32.7 Å². The Morgan fingerprint density at radius 2 is 1.79 bits per heavy atom. The third-order valence-electron chi connectivity index (χ3n) is 6.07. The number of carbonyl (C=O) groups excluding carboxylic acids is 2. The van der Waals surface area contributed by atoms with E-state index in [0.717, 1.165) is 37.9 Å². The number of rotatable bonds is 4. The maximum Gasteiger partial charge on any atom is 0.320 e. The Balaban J connectivity index is 0.00000280. The molecule has 7 heteroatoms. The van der Waals surface area contributed by atoms with Crippen molar-refractivity contribution >= 4 is 24.3 Å². The molecule has 1 aromatic carbocycles. The Morgan fingerprint density at radius 1 is 1.14 bits per heavy atom. The molecule has 0 saturated carbocycles. The highest BCUT2D eigenvalue weighted by atomic mass is 35.5. The number of piperidine rings is 1. The fourth-order valence-corrected chi connectivity index (χ4v) is 4.12. The zero-order valence-electron chi connectivity index (χ0n) is 17.0. The number of amides is 3. The number of urea groups is 1. The summed E-state index contributed by atoms with van der Waals surface area (Å²) in [6.45, 7) is 6.26. The van der Waals surface area contributed by atoms with Crippen molar-refractivity contribution in [2.24, 2.45) is 17.1 Å². The van der Waals surface area contributed by atoms with Crippen molar-refractivity contribution in [1.82, 2.24) is 14.7 Å². The van der Waals surface area contributed by atoms with Crippen LogP contribution < -0.4 is 5.73 Å². The first-order valence-electron chi connectivity index (χ1n) is 9.95. The van der Waals surface area contributed by atoms with Crippen LogP contribution in [0.25, 0.3) is 0 Å². The summed E-state index contributed by atoms with van der Waals surface area (Å²) >= 11 is 0. The van der Waals surface area contributed by atoms with Gasteiger partial charge in [0.15, 0.2) is 0 Å². The van der Waals surface area contributed by atoms with Crippen LogP contribution in [0.5, 0.6) is 0 Å². The number of nitrogens with two attached hydrogens (primary N) is 1. The minimum Gasteiger partial charge on any atom is -0.342 e. The van der Waals surface area contributed by atoms with Gasteiger partial charge in [-0.1, -0.05) is 37.3 Å². The van der Waals surface area contributed by atoms with Gasteiger partial charge >= 0.3 is 6.03 Å². The van der Waals surface area contributed by atoms with Crippen LogP contribution in [0.4, 0.5) is 4.79 Å². The first-order valence-corrected chi connectivity index (χ1v) is 9.95. The van der Waals surface area contributed by atoms with Crippen LogP contribution in [0, 0.1) is 11.3 Å². The Kier molecular flexibility index (Phi) is 7.72. The lowest BCUT2D eigenvalue weighted by molar-refractivity contribution is -0.136. The molecule has 1 aromatic rings. The van der Waals surface area contributed by atoms with E-state index in [1.165, 1.54) is 0 Å². The molecule has 6 nitrogen and oxygen atoms in total. The van der Waals surface area contributed by atoms with Gasteiger partial charge in [0.1, 0.15) is 0 Å². The van der Waals surface area contributed by atoms with Gasteiger partial charge < -0.3 is 20.4 Å². The van der Waals surface area contributed by atoms with Gasteiger partial charge in [-0.3, -0.25) is 4.79 Å². The number of likely N-dealkylation sites (tertiary alicyclic amines) is 2. The number of halogens is 1. The summed E-state index contributed by atoms with van der Waals surface area (Å²) in [5.41, 5.74) is 7.04. The third kappa shape index (κ3) is 5.17. The highest BCUT2D eigenvalue weighted by Gasteiger charge is 2.38. The van der Waals surface area contributed by atoms with E-state index in [2.05, 4.69) is 6.92 Å². The lowest BCUT2D eigenvalue weighted by atomic mass is 9.90. The molecule has 0 aliphatic carbocycles. The Bertz CT molecular complexity index is 664. The van der Waals surface area contributed by atoms with Crippen molar-refractivity contribution in [1.29, 1.82) is 0 Å². The number of nitrogens with zero attached hydrogens (tertiary/aromatic N) is 3. The fraction of sp³-hybridized carbons (Fsp3) is 0.619. The normalized spacial score (nSPS) is 22.7. The molecule has 1 atom stereocenters. The maximum absolute atomic E-state index is 12.8. The van der Waals surface area contributed by atoms with E-state index >= 15 is 0 Å². The highest BCUT2D eigenvalue weighted by molar-refractivity contribution is 5.85. The third-order valence-corrected chi connectivity index (χ3v) is 6.07. The molecule has 0 radical (unpaired) electrons. The van der Waals surface area contributed by atoms with Crippen molar-refractivity contribution in [3.63, 3.8) is 0 Å². The molecule has 3 rings (SSSR count). The predicted octanol–water partition coefficient (Wildman–Crippen LogP) is 2.57. The largest absolute Gasteiger partial charge is 0.342 e. The molecule has 0 spiro atoms. The standard InChI is InChI=1S/C21H32N4O2.ClH/c1-21(15-22)10-13-25(16-21)19(26)18-8-11-24(12-9-18)20(27)23(2)14-17-6-4-3-5-7-17;/h3-7,18H,8-16,22H2,1-2H3;1H. The summed E-state index contributed by atoms with van der Waals surface area (Å²) in [6.07, 6.45) is 2.48. The maximum atomic E-state index is 12.8. The monoisotopic (exact) mass is 408 g/mol. The first kappa shape index (κ1) is 22.5. The summed E-state index contributed by atoms with van der Waals surface area (Å²) in [7, 11) is 1.84. The summed E-state index contributed by atoms with van der Waals surface area (Å²) in [4.78, 5) is 31.1. The summed E-state index contributed by atoms with van der Waals surface area (Å²) in [5, 5.41) is 0. The van der Waals surface area contributed by atoms with Gasteiger partial charge in [0.05, 0.1) is 0 Å². The predicted molar refractivity (Wildman–Crippen MR) is 113 cm³/mol. The lowest BCUT2D eigenvalue weighted by Gasteiger charge is -2.35. The minimum atomic E-state index is 0. The zero-order valence-corrected chi connectivity index (χ0v) is 17.8. The highest BCUT2D eigenvalue weighted by Crippen LogP contribution is 2.31. The quantitative estimate of drug-likeness (QED) is 0.832. The molecule has 1 unspecified atom stereocenters. The first-order chi connectivity index (χ1) is 12.9. The average molecular weight is 409 g/mol. The van der Waals surface area contributed by atoms with E-state index in [1.807, 2.05) is 47.2 Å². The SMILES string of the molecule is CN(Cc1ccccc1)C(=O)N1CCC(C(=O)N2CCC(C)(CN)C2)CC1.Cl. The second-order valence-electron chi connectivity index (χ2n) is 8.41. The van der Waals surface area contributed by atoms with Crippen molar-refractivity contribution < 1.29 is 9.59 Å². The molecule has 156 valence electrons. The zero-order chi connectivity index (χ0) is 19.4. The van der Waals surface area contributed by atoms with Gasteiger partial charge in [-0.25, -0.2) is 4.79 Å². The second kappa shape index (κ2) is 9.61. The second-order valence-corrected chi connectivity index (χ2v) is 8.41. The lowest BCUT2D eigenvalue weighted by Crippen LogP contribution is -2.47. The molecule has 2 N–H and O–H groups in total. The Morgan fingerprint density at radius 3 is 2.36 bits per heavy atom. The van der Waals surface area contributed by atoms with Crippen LogP contribution in [0.1, 0.15) is 31.7 Å².